The van der Waals surface area contributed by atoms with Crippen molar-refractivity contribution in [1.29, 1.82) is 0 Å². The van der Waals surface area contributed by atoms with Crippen LogP contribution in [0.3, 0.4) is 0 Å². The summed E-state index contributed by atoms with van der Waals surface area (Å²) >= 11 is 0. The van der Waals surface area contributed by atoms with Gasteiger partial charge in [-0.05, 0) is 31.4 Å². The van der Waals surface area contributed by atoms with Gasteiger partial charge in [-0.1, -0.05) is 19.4 Å². The van der Waals surface area contributed by atoms with Crippen molar-refractivity contribution in [2.45, 2.75) is 32.6 Å². The highest BCUT2D eigenvalue weighted by molar-refractivity contribution is 6.11. The zero-order chi connectivity index (χ0) is 14.3. The molecule has 4 heteroatoms. The van der Waals surface area contributed by atoms with E-state index < -0.39 is 5.97 Å². The van der Waals surface area contributed by atoms with Crippen LogP contribution in [0.5, 0.6) is 0 Å². The first-order chi connectivity index (χ1) is 9.61. The number of nitrogens with one attached hydrogen (secondary N) is 1. The highest BCUT2D eigenvalue weighted by Crippen LogP contribution is 2.36. The Morgan fingerprint density at radius 1 is 1.35 bits per heavy atom. The van der Waals surface area contributed by atoms with Crippen LogP contribution < -0.4 is 0 Å². The lowest BCUT2D eigenvalue weighted by atomic mass is 10.0. The zero-order valence-electron chi connectivity index (χ0n) is 11.4. The standard InChI is InChI=1S/C16H17NO3/c1-2-3-12-14(15(18)9-4-5-9)11-7-6-10(16(19)20)8-13(11)17-12/h6-9,17H,2-5H2,1H3,(H,19,20). The van der Waals surface area contributed by atoms with Gasteiger partial charge in [0.05, 0.1) is 5.56 Å². The summed E-state index contributed by atoms with van der Waals surface area (Å²) in [4.78, 5) is 26.7. The molecule has 2 aromatic rings. The lowest BCUT2D eigenvalue weighted by molar-refractivity contribution is 0.0697. The van der Waals surface area contributed by atoms with Crippen molar-refractivity contribution in [1.82, 2.24) is 4.98 Å². The van der Waals surface area contributed by atoms with Crippen LogP contribution in [0, 0.1) is 5.92 Å². The van der Waals surface area contributed by atoms with Gasteiger partial charge in [-0.15, -0.1) is 0 Å². The Kier molecular flexibility index (Phi) is 3.08. The van der Waals surface area contributed by atoms with Crippen LogP contribution in [0.1, 0.15) is 52.6 Å². The van der Waals surface area contributed by atoms with Crippen molar-refractivity contribution in [3.05, 3.63) is 35.0 Å². The molecule has 4 nitrogen and oxygen atoms in total. The predicted molar refractivity (Wildman–Crippen MR) is 76.3 cm³/mol. The molecule has 0 radical (unpaired) electrons. The largest absolute Gasteiger partial charge is 0.478 e. The first kappa shape index (κ1) is 12.9. The Balaban J connectivity index is 2.16. The number of aromatic carboxylic acids is 1. The maximum absolute atomic E-state index is 12.5. The van der Waals surface area contributed by atoms with E-state index in [1.54, 1.807) is 18.2 Å². The molecule has 0 amide bonds. The van der Waals surface area contributed by atoms with Gasteiger partial charge in [0.15, 0.2) is 5.78 Å². The van der Waals surface area contributed by atoms with Gasteiger partial charge in [0.2, 0.25) is 0 Å². The fraction of sp³-hybridized carbons (Fsp3) is 0.375. The minimum absolute atomic E-state index is 0.170. The molecule has 0 unspecified atom stereocenters. The average Bonchev–Trinajstić information content (AvgIpc) is 3.19. The van der Waals surface area contributed by atoms with Crippen LogP contribution >= 0.6 is 0 Å². The second-order valence-electron chi connectivity index (χ2n) is 5.43. The molecule has 1 aliphatic rings. The Hall–Kier alpha value is -2.10. The minimum atomic E-state index is -0.950. The molecule has 1 aromatic carbocycles. The van der Waals surface area contributed by atoms with Crippen LogP contribution in [0.2, 0.25) is 0 Å². The highest BCUT2D eigenvalue weighted by atomic mass is 16.4. The lowest BCUT2D eigenvalue weighted by Gasteiger charge is -2.02. The summed E-state index contributed by atoms with van der Waals surface area (Å²) in [6.07, 6.45) is 3.71. The van der Waals surface area contributed by atoms with Crippen molar-refractivity contribution in [2.24, 2.45) is 5.92 Å². The topological polar surface area (TPSA) is 70.2 Å². The molecule has 1 saturated carbocycles. The number of aryl methyl sites for hydroxylation is 1. The highest BCUT2D eigenvalue weighted by Gasteiger charge is 2.33. The third-order valence-corrected chi connectivity index (χ3v) is 3.82. The van der Waals surface area contributed by atoms with E-state index in [0.717, 1.165) is 47.8 Å². The number of aromatic amines is 1. The summed E-state index contributed by atoms with van der Waals surface area (Å²) in [5.41, 5.74) is 2.72. The van der Waals surface area contributed by atoms with E-state index in [-0.39, 0.29) is 17.3 Å². The fourth-order valence-electron chi connectivity index (χ4n) is 2.65. The van der Waals surface area contributed by atoms with Crippen molar-refractivity contribution in [2.75, 3.05) is 0 Å². The number of Topliss-reactive ketones (excluding diaryl/α,β-unsaturated/α-hetero) is 1. The van der Waals surface area contributed by atoms with Crippen molar-refractivity contribution in [3.63, 3.8) is 0 Å². The maximum atomic E-state index is 12.5. The summed E-state index contributed by atoms with van der Waals surface area (Å²) in [6.45, 7) is 2.07. The van der Waals surface area contributed by atoms with E-state index in [4.69, 9.17) is 5.11 Å². The molecule has 104 valence electrons. The first-order valence-corrected chi connectivity index (χ1v) is 7.04. The maximum Gasteiger partial charge on any atom is 0.335 e. The van der Waals surface area contributed by atoms with E-state index in [0.29, 0.717) is 0 Å². The SMILES string of the molecule is CCCc1[nH]c2cc(C(=O)O)ccc2c1C(=O)C1CC1. The number of carboxylic acid groups (broad SMARTS) is 1. The number of ketones is 1. The van der Waals surface area contributed by atoms with Gasteiger partial charge in [-0.3, -0.25) is 4.79 Å². The van der Waals surface area contributed by atoms with Gasteiger partial charge in [0, 0.05) is 28.1 Å². The molecular weight excluding hydrogens is 254 g/mol. The van der Waals surface area contributed by atoms with Gasteiger partial charge in [0.25, 0.3) is 0 Å². The fourth-order valence-corrected chi connectivity index (χ4v) is 2.65. The Bertz CT molecular complexity index is 695. The molecule has 1 heterocycles. The number of hydrogen-bond donors (Lipinski definition) is 2. The normalized spacial score (nSPS) is 14.7. The number of fused-ring (bicyclic) bond motifs is 1. The zero-order valence-corrected chi connectivity index (χ0v) is 11.4. The Morgan fingerprint density at radius 3 is 2.70 bits per heavy atom. The molecule has 0 bridgehead atoms. The van der Waals surface area contributed by atoms with Gasteiger partial charge in [-0.2, -0.15) is 0 Å². The second kappa shape index (κ2) is 4.78. The first-order valence-electron chi connectivity index (χ1n) is 7.04. The second-order valence-corrected chi connectivity index (χ2v) is 5.43. The quantitative estimate of drug-likeness (QED) is 0.819. The molecule has 20 heavy (non-hydrogen) atoms. The van der Waals surface area contributed by atoms with E-state index in [1.165, 1.54) is 0 Å². The number of benzene rings is 1. The van der Waals surface area contributed by atoms with Gasteiger partial charge < -0.3 is 10.1 Å². The number of aromatic nitrogens is 1. The van der Waals surface area contributed by atoms with E-state index >= 15 is 0 Å². The predicted octanol–water partition coefficient (Wildman–Crippen LogP) is 3.41. The van der Waals surface area contributed by atoms with E-state index in [1.807, 2.05) is 0 Å². The average molecular weight is 271 g/mol. The molecule has 1 aliphatic carbocycles. The number of rotatable bonds is 5. The molecule has 0 saturated heterocycles. The summed E-state index contributed by atoms with van der Waals surface area (Å²) in [5, 5.41) is 9.91. The van der Waals surface area contributed by atoms with Crippen LogP contribution in [0.4, 0.5) is 0 Å². The smallest absolute Gasteiger partial charge is 0.335 e. The van der Waals surface area contributed by atoms with Gasteiger partial charge >= 0.3 is 5.97 Å². The van der Waals surface area contributed by atoms with Crippen molar-refractivity contribution >= 4 is 22.7 Å². The number of H-pyrrole nitrogens is 1. The number of hydrogen-bond acceptors (Lipinski definition) is 2. The Morgan fingerprint density at radius 2 is 2.10 bits per heavy atom. The van der Waals surface area contributed by atoms with Crippen molar-refractivity contribution < 1.29 is 14.7 Å². The lowest BCUT2D eigenvalue weighted by Crippen LogP contribution is -2.04. The molecule has 1 fully saturated rings. The van der Waals surface area contributed by atoms with E-state index in [9.17, 15) is 9.59 Å². The van der Waals surface area contributed by atoms with E-state index in [2.05, 4.69) is 11.9 Å². The molecule has 0 atom stereocenters. The van der Waals surface area contributed by atoms with Crippen LogP contribution in [0.25, 0.3) is 10.9 Å². The third-order valence-electron chi connectivity index (χ3n) is 3.82. The number of carboxylic acids is 1. The third kappa shape index (κ3) is 2.11. The minimum Gasteiger partial charge on any atom is -0.478 e. The molecule has 0 aliphatic heterocycles. The van der Waals surface area contributed by atoms with Crippen LogP contribution in [-0.4, -0.2) is 21.8 Å². The summed E-state index contributed by atoms with van der Waals surface area (Å²) in [6, 6.07) is 4.93. The molecule has 3 rings (SSSR count). The van der Waals surface area contributed by atoms with Crippen LogP contribution in [-0.2, 0) is 6.42 Å². The Labute approximate surface area is 116 Å². The van der Waals surface area contributed by atoms with Crippen molar-refractivity contribution in [3.8, 4) is 0 Å². The number of carbonyl (C=O) groups excluding carboxylic acids is 1. The summed E-state index contributed by atoms with van der Waals surface area (Å²) in [5.74, 6) is -0.569. The molecule has 1 aromatic heterocycles. The number of carbonyl (C=O) groups is 2. The molecular formula is C16H17NO3. The molecule has 2 N–H and O–H groups in total. The monoisotopic (exact) mass is 271 g/mol. The molecule has 0 spiro atoms. The summed E-state index contributed by atoms with van der Waals surface area (Å²) < 4.78 is 0. The van der Waals surface area contributed by atoms with Crippen LogP contribution in [0.15, 0.2) is 18.2 Å². The van der Waals surface area contributed by atoms with Gasteiger partial charge in [-0.25, -0.2) is 4.79 Å². The van der Waals surface area contributed by atoms with Gasteiger partial charge in [0.1, 0.15) is 0 Å². The summed E-state index contributed by atoms with van der Waals surface area (Å²) in [7, 11) is 0.